The van der Waals surface area contributed by atoms with Crippen LogP contribution in [0.2, 0.25) is 0 Å². The summed E-state index contributed by atoms with van der Waals surface area (Å²) in [5, 5.41) is 10.8. The highest BCUT2D eigenvalue weighted by molar-refractivity contribution is 5.64. The van der Waals surface area contributed by atoms with Crippen LogP contribution in [0.3, 0.4) is 0 Å². The van der Waals surface area contributed by atoms with E-state index in [-0.39, 0.29) is 36.9 Å². The number of halogens is 1. The highest BCUT2D eigenvalue weighted by Gasteiger charge is 2.28. The van der Waals surface area contributed by atoms with Crippen LogP contribution in [0.5, 0.6) is 11.8 Å². The summed E-state index contributed by atoms with van der Waals surface area (Å²) in [4.78, 5) is 18.3. The Labute approximate surface area is 164 Å². The number of benzene rings is 1. The molecule has 0 aliphatic carbocycles. The van der Waals surface area contributed by atoms with E-state index in [4.69, 9.17) is 14.2 Å². The van der Waals surface area contributed by atoms with Gasteiger partial charge in [0.15, 0.2) is 11.6 Å². The van der Waals surface area contributed by atoms with Crippen molar-refractivity contribution in [2.45, 2.75) is 19.3 Å². The first-order chi connectivity index (χ1) is 14.0. The van der Waals surface area contributed by atoms with Crippen molar-refractivity contribution in [1.82, 2.24) is 14.5 Å². The number of hydrogen-bond acceptors (Lipinski definition) is 7. The van der Waals surface area contributed by atoms with Crippen LogP contribution in [0.4, 0.5) is 10.2 Å². The molecule has 0 N–H and O–H groups in total. The van der Waals surface area contributed by atoms with Gasteiger partial charge in [-0.05, 0) is 34.2 Å². The topological polar surface area (TPSA) is 102 Å². The molecule has 29 heavy (non-hydrogen) atoms. The maximum atomic E-state index is 14.0. The monoisotopic (exact) mass is 400 g/mol. The predicted octanol–water partition coefficient (Wildman–Crippen LogP) is 2.98. The van der Waals surface area contributed by atoms with Crippen molar-refractivity contribution in [1.29, 1.82) is 0 Å². The van der Waals surface area contributed by atoms with Crippen LogP contribution in [-0.2, 0) is 17.9 Å². The lowest BCUT2D eigenvalue weighted by Gasteiger charge is -2.22. The van der Waals surface area contributed by atoms with Crippen LogP contribution < -0.4 is 9.47 Å². The van der Waals surface area contributed by atoms with Gasteiger partial charge in [0.25, 0.3) is 0 Å². The molecular formula is C19H17FN4O5. The molecule has 2 aromatic heterocycles. The third kappa shape index (κ3) is 4.02. The van der Waals surface area contributed by atoms with Crippen molar-refractivity contribution in [3.63, 3.8) is 0 Å². The molecule has 1 aliphatic heterocycles. The lowest BCUT2D eigenvalue weighted by Crippen LogP contribution is -2.32. The molecule has 0 unspecified atom stereocenters. The largest absolute Gasteiger partial charge is 0.494 e. The first kappa shape index (κ1) is 18.8. The standard InChI is InChI=1S/C19H17FN4O5/c1-27-17-3-2-13(5-16(17)20)14-4-12(6-21-7-14)10-28-15-8-23-9-18(24(25)26)22-19(23)29-11-15/h2-7,9,15H,8,10-11H2,1H3/t15-/m0/s1. The summed E-state index contributed by atoms with van der Waals surface area (Å²) < 4.78 is 31.8. The van der Waals surface area contributed by atoms with Crippen molar-refractivity contribution >= 4 is 5.82 Å². The van der Waals surface area contributed by atoms with Crippen molar-refractivity contribution in [3.8, 4) is 22.9 Å². The van der Waals surface area contributed by atoms with Gasteiger partial charge in [-0.25, -0.2) is 4.39 Å². The smallest absolute Gasteiger partial charge is 0.414 e. The molecule has 1 aromatic carbocycles. The highest BCUT2D eigenvalue weighted by Crippen LogP contribution is 2.26. The van der Waals surface area contributed by atoms with Crippen LogP contribution in [0.15, 0.2) is 42.9 Å². The molecule has 1 aliphatic rings. The van der Waals surface area contributed by atoms with Crippen molar-refractivity contribution in [3.05, 3.63) is 64.4 Å². The summed E-state index contributed by atoms with van der Waals surface area (Å²) in [5.41, 5.74) is 2.23. The Morgan fingerprint density at radius 3 is 2.97 bits per heavy atom. The van der Waals surface area contributed by atoms with Crippen LogP contribution in [0.1, 0.15) is 5.56 Å². The average molecular weight is 400 g/mol. The third-order valence-corrected chi connectivity index (χ3v) is 4.48. The summed E-state index contributed by atoms with van der Waals surface area (Å²) in [6.07, 6.45) is 4.34. The first-order valence-electron chi connectivity index (χ1n) is 8.77. The fourth-order valence-corrected chi connectivity index (χ4v) is 3.04. The van der Waals surface area contributed by atoms with E-state index in [1.807, 2.05) is 6.07 Å². The SMILES string of the molecule is COc1ccc(-c2cncc(CO[C@@H]3COc4nc([N+](=O)[O-])cn4C3)c2)cc1F. The molecular weight excluding hydrogens is 383 g/mol. The summed E-state index contributed by atoms with van der Waals surface area (Å²) >= 11 is 0. The molecule has 0 saturated carbocycles. The van der Waals surface area contributed by atoms with E-state index < -0.39 is 10.7 Å². The maximum Gasteiger partial charge on any atom is 0.414 e. The van der Waals surface area contributed by atoms with Gasteiger partial charge in [-0.3, -0.25) is 9.55 Å². The average Bonchev–Trinajstić information content (AvgIpc) is 3.16. The molecule has 10 heteroatoms. The number of rotatable bonds is 6. The number of ether oxygens (including phenoxy) is 3. The number of nitrogens with zero attached hydrogens (tertiary/aromatic N) is 4. The Hall–Kier alpha value is -3.53. The van der Waals surface area contributed by atoms with Gasteiger partial charge in [-0.2, -0.15) is 0 Å². The van der Waals surface area contributed by atoms with E-state index in [1.165, 1.54) is 19.4 Å². The Kier molecular flexibility index (Phi) is 5.09. The summed E-state index contributed by atoms with van der Waals surface area (Å²) in [5.74, 6) is -0.530. The number of fused-ring (bicyclic) bond motifs is 1. The van der Waals surface area contributed by atoms with Crippen LogP contribution in [0.25, 0.3) is 11.1 Å². The second-order valence-electron chi connectivity index (χ2n) is 6.47. The Balaban J connectivity index is 1.42. The van der Waals surface area contributed by atoms with E-state index >= 15 is 0 Å². The number of methoxy groups -OCH3 is 1. The fraction of sp³-hybridized carbons (Fsp3) is 0.263. The molecule has 1 atom stereocenters. The summed E-state index contributed by atoms with van der Waals surface area (Å²) in [7, 11) is 1.41. The number of pyridine rings is 1. The molecule has 0 fully saturated rings. The molecule has 3 heterocycles. The van der Waals surface area contributed by atoms with E-state index in [9.17, 15) is 14.5 Å². The Morgan fingerprint density at radius 2 is 2.21 bits per heavy atom. The van der Waals surface area contributed by atoms with Crippen molar-refractivity contribution in [2.75, 3.05) is 13.7 Å². The van der Waals surface area contributed by atoms with E-state index in [1.54, 1.807) is 29.1 Å². The molecule has 0 amide bonds. The minimum atomic E-state index is -0.566. The third-order valence-electron chi connectivity index (χ3n) is 4.48. The van der Waals surface area contributed by atoms with Gasteiger partial charge < -0.3 is 24.3 Å². The van der Waals surface area contributed by atoms with Gasteiger partial charge in [-0.1, -0.05) is 6.07 Å². The molecule has 0 bridgehead atoms. The minimum absolute atomic E-state index is 0.178. The minimum Gasteiger partial charge on any atom is -0.494 e. The van der Waals surface area contributed by atoms with Crippen LogP contribution in [0, 0.1) is 15.9 Å². The maximum absolute atomic E-state index is 14.0. The Bertz CT molecular complexity index is 1050. The number of aromatic nitrogens is 3. The van der Waals surface area contributed by atoms with Gasteiger partial charge in [0.2, 0.25) is 0 Å². The molecule has 0 spiro atoms. The second kappa shape index (κ2) is 7.84. The van der Waals surface area contributed by atoms with Crippen LogP contribution >= 0.6 is 0 Å². The normalized spacial score (nSPS) is 15.4. The first-order valence-corrected chi connectivity index (χ1v) is 8.77. The molecule has 150 valence electrons. The molecule has 3 aromatic rings. The highest BCUT2D eigenvalue weighted by atomic mass is 19.1. The zero-order valence-electron chi connectivity index (χ0n) is 15.4. The number of hydrogen-bond donors (Lipinski definition) is 0. The fourth-order valence-electron chi connectivity index (χ4n) is 3.04. The predicted molar refractivity (Wildman–Crippen MR) is 99.1 cm³/mol. The summed E-state index contributed by atoms with van der Waals surface area (Å²) in [6.45, 7) is 0.900. The van der Waals surface area contributed by atoms with Gasteiger partial charge in [0.1, 0.15) is 18.9 Å². The lowest BCUT2D eigenvalue weighted by molar-refractivity contribution is -0.389. The quantitative estimate of drug-likeness (QED) is 0.463. The second-order valence-corrected chi connectivity index (χ2v) is 6.47. The van der Waals surface area contributed by atoms with Gasteiger partial charge >= 0.3 is 11.8 Å². The summed E-state index contributed by atoms with van der Waals surface area (Å²) in [6, 6.07) is 6.79. The molecule has 9 nitrogen and oxygen atoms in total. The number of imidazole rings is 1. The van der Waals surface area contributed by atoms with Gasteiger partial charge in [-0.15, -0.1) is 0 Å². The zero-order chi connectivity index (χ0) is 20.4. The van der Waals surface area contributed by atoms with Crippen molar-refractivity contribution in [2.24, 2.45) is 0 Å². The van der Waals surface area contributed by atoms with E-state index in [0.717, 1.165) is 11.1 Å². The van der Waals surface area contributed by atoms with Gasteiger partial charge in [0, 0.05) is 22.9 Å². The lowest BCUT2D eigenvalue weighted by atomic mass is 10.1. The van der Waals surface area contributed by atoms with E-state index in [2.05, 4.69) is 9.97 Å². The van der Waals surface area contributed by atoms with Crippen LogP contribution in [-0.4, -0.2) is 39.3 Å². The Morgan fingerprint density at radius 1 is 1.34 bits per heavy atom. The molecule has 0 saturated heterocycles. The van der Waals surface area contributed by atoms with E-state index in [0.29, 0.717) is 12.1 Å². The van der Waals surface area contributed by atoms with Crippen molar-refractivity contribution < 1.29 is 23.5 Å². The molecule has 4 rings (SSSR count). The molecule has 0 radical (unpaired) electrons. The zero-order valence-corrected chi connectivity index (χ0v) is 15.4. The van der Waals surface area contributed by atoms with Gasteiger partial charge in [0.05, 0.1) is 20.3 Å². The number of nitro groups is 1.